The van der Waals surface area contributed by atoms with Gasteiger partial charge in [-0.3, -0.25) is 4.68 Å². The Labute approximate surface area is 202 Å². The molecule has 10 nitrogen and oxygen atoms in total. The summed E-state index contributed by atoms with van der Waals surface area (Å²) in [6.45, 7) is 9.51. The highest BCUT2D eigenvalue weighted by Gasteiger charge is 2.31. The van der Waals surface area contributed by atoms with E-state index in [-0.39, 0.29) is 23.7 Å². The minimum Gasteiger partial charge on any atom is -0.494 e. The summed E-state index contributed by atoms with van der Waals surface area (Å²) in [6, 6.07) is 2.77. The Hall–Kier alpha value is -3.47. The number of hydrogen-bond donors (Lipinski definition) is 2. The third-order valence-electron chi connectivity index (χ3n) is 6.96. The zero-order valence-corrected chi connectivity index (χ0v) is 20.6. The lowest BCUT2D eigenvalue weighted by molar-refractivity contribution is 0.132. The Kier molecular flexibility index (Phi) is 5.74. The topological polar surface area (TPSA) is 120 Å². The van der Waals surface area contributed by atoms with Crippen LogP contribution < -0.4 is 15.4 Å². The number of piperidine rings is 1. The lowest BCUT2D eigenvalue weighted by Gasteiger charge is -2.36. The Bertz CT molecular complexity index is 1400. The van der Waals surface area contributed by atoms with Gasteiger partial charge in [0.15, 0.2) is 23.0 Å². The van der Waals surface area contributed by atoms with Gasteiger partial charge in [-0.15, -0.1) is 5.10 Å². The van der Waals surface area contributed by atoms with Crippen LogP contribution in [0, 0.1) is 18.7 Å². The van der Waals surface area contributed by atoms with Crippen molar-refractivity contribution in [1.29, 1.82) is 0 Å². The third kappa shape index (κ3) is 4.03. The molecule has 0 bridgehead atoms. The minimum atomic E-state index is -0.504. The molecule has 35 heavy (non-hydrogen) atoms. The minimum absolute atomic E-state index is 0.0492. The predicted molar refractivity (Wildman–Crippen MR) is 131 cm³/mol. The molecule has 1 fully saturated rings. The van der Waals surface area contributed by atoms with Crippen molar-refractivity contribution in [2.45, 2.75) is 52.2 Å². The van der Waals surface area contributed by atoms with Gasteiger partial charge in [-0.1, -0.05) is 6.92 Å². The first-order valence-corrected chi connectivity index (χ1v) is 11.8. The van der Waals surface area contributed by atoms with Crippen molar-refractivity contribution in [2.24, 2.45) is 5.92 Å². The first-order valence-electron chi connectivity index (χ1n) is 11.8. The van der Waals surface area contributed by atoms with Gasteiger partial charge < -0.3 is 20.5 Å². The molecule has 4 aromatic rings. The number of hydrogen-bond acceptors (Lipinski definition) is 8. The lowest BCUT2D eigenvalue weighted by Crippen LogP contribution is -2.39. The van der Waals surface area contributed by atoms with Crippen LogP contribution in [-0.4, -0.2) is 60.8 Å². The van der Waals surface area contributed by atoms with Gasteiger partial charge in [-0.25, -0.2) is 14.4 Å². The van der Waals surface area contributed by atoms with Crippen molar-refractivity contribution in [3.8, 4) is 5.75 Å². The average Bonchev–Trinajstić information content (AvgIpc) is 3.43. The number of nitrogens with two attached hydrogens (primary N) is 1. The zero-order valence-electron chi connectivity index (χ0n) is 20.6. The van der Waals surface area contributed by atoms with Crippen molar-refractivity contribution < 1.29 is 14.2 Å². The monoisotopic (exact) mass is 482 g/mol. The molecule has 11 heteroatoms. The summed E-state index contributed by atoms with van der Waals surface area (Å²) in [7, 11) is 1.41. The van der Waals surface area contributed by atoms with Gasteiger partial charge in [-0.05, 0) is 39.2 Å². The highest BCUT2D eigenvalue weighted by Crippen LogP contribution is 2.34. The number of ether oxygens (including phenoxy) is 1. The van der Waals surface area contributed by atoms with Gasteiger partial charge in [0.05, 0.1) is 36.2 Å². The maximum absolute atomic E-state index is 14.5. The van der Waals surface area contributed by atoms with E-state index >= 15 is 0 Å². The van der Waals surface area contributed by atoms with Gasteiger partial charge in [0.1, 0.15) is 0 Å². The van der Waals surface area contributed by atoms with E-state index in [1.54, 1.807) is 6.92 Å². The summed E-state index contributed by atoms with van der Waals surface area (Å²) < 4.78 is 22.9. The number of rotatable bonds is 5. The number of aliphatic hydroxyl groups excluding tert-OH is 1. The molecule has 1 aliphatic heterocycles. The molecular weight excluding hydrogens is 451 g/mol. The van der Waals surface area contributed by atoms with E-state index in [2.05, 4.69) is 27.0 Å². The Morgan fingerprint density at radius 2 is 1.97 bits per heavy atom. The van der Waals surface area contributed by atoms with Gasteiger partial charge >= 0.3 is 0 Å². The SMILES string of the molecule is COc1cc2nc(N)n3nc(C4CC(C)CN(c5cn(C(C)C(C)O)nc5C)C4)nc3c2cc1F. The van der Waals surface area contributed by atoms with Crippen molar-refractivity contribution in [3.63, 3.8) is 0 Å². The molecule has 1 aromatic carbocycles. The highest BCUT2D eigenvalue weighted by atomic mass is 19.1. The number of aromatic nitrogens is 6. The van der Waals surface area contributed by atoms with Crippen LogP contribution in [0.2, 0.25) is 0 Å². The fraction of sp³-hybridized carbons (Fsp3) is 0.500. The molecule has 4 unspecified atom stereocenters. The first kappa shape index (κ1) is 23.3. The van der Waals surface area contributed by atoms with Crippen molar-refractivity contribution in [3.05, 3.63) is 35.7 Å². The standard InChI is InChI=1S/C24H31FN8O2/c1-12-6-16(10-31(9-12)20-11-32(29-13(20)2)14(3)15(4)34)22-28-23-17-7-18(25)21(35-5)8-19(17)27-24(26)33(23)30-22/h7-8,11-12,14-16,34H,6,9-10H2,1-5H3,(H2,26,27). The second-order valence-electron chi connectivity index (χ2n) is 9.68. The van der Waals surface area contributed by atoms with Gasteiger partial charge in [0.25, 0.3) is 0 Å². The van der Waals surface area contributed by atoms with Crippen LogP contribution in [0.5, 0.6) is 5.75 Å². The second-order valence-corrected chi connectivity index (χ2v) is 9.68. The number of methoxy groups -OCH3 is 1. The molecule has 3 N–H and O–H groups in total. The van der Waals surface area contributed by atoms with E-state index in [1.165, 1.54) is 23.8 Å². The largest absolute Gasteiger partial charge is 0.494 e. The summed E-state index contributed by atoms with van der Waals surface area (Å²) in [4.78, 5) is 11.5. The summed E-state index contributed by atoms with van der Waals surface area (Å²) in [6.07, 6.45) is 2.42. The van der Waals surface area contributed by atoms with E-state index in [9.17, 15) is 9.50 Å². The number of anilines is 2. The molecule has 3 aromatic heterocycles. The molecule has 186 valence electrons. The second kappa shape index (κ2) is 8.63. The zero-order chi connectivity index (χ0) is 25.0. The Morgan fingerprint density at radius 1 is 1.20 bits per heavy atom. The van der Waals surface area contributed by atoms with Crippen LogP contribution in [0.4, 0.5) is 16.0 Å². The molecular formula is C24H31FN8O2. The number of aryl methyl sites for hydroxylation is 1. The molecule has 0 saturated carbocycles. The van der Waals surface area contributed by atoms with Gasteiger partial charge in [0, 0.05) is 36.7 Å². The number of nitrogens with zero attached hydrogens (tertiary/aromatic N) is 7. The predicted octanol–water partition coefficient (Wildman–Crippen LogP) is 3.08. The van der Waals surface area contributed by atoms with Crippen LogP contribution in [0.15, 0.2) is 18.3 Å². The molecule has 1 aliphatic rings. The normalized spacial score (nSPS) is 20.5. The molecule has 0 radical (unpaired) electrons. The van der Waals surface area contributed by atoms with E-state index in [0.717, 1.165) is 24.3 Å². The van der Waals surface area contributed by atoms with Crippen molar-refractivity contribution in [1.82, 2.24) is 29.4 Å². The van der Waals surface area contributed by atoms with Crippen LogP contribution in [0.3, 0.4) is 0 Å². The number of aliphatic hydroxyl groups is 1. The fourth-order valence-electron chi connectivity index (χ4n) is 4.92. The number of nitrogen functional groups attached to an aromatic ring is 1. The van der Waals surface area contributed by atoms with Crippen molar-refractivity contribution in [2.75, 3.05) is 30.8 Å². The van der Waals surface area contributed by atoms with Gasteiger partial charge in [0.2, 0.25) is 5.95 Å². The number of halogens is 1. The summed E-state index contributed by atoms with van der Waals surface area (Å²) in [5, 5.41) is 19.8. The maximum atomic E-state index is 14.5. The lowest BCUT2D eigenvalue weighted by atomic mass is 9.89. The molecule has 5 rings (SSSR count). The molecule has 4 atom stereocenters. The average molecular weight is 483 g/mol. The maximum Gasteiger partial charge on any atom is 0.223 e. The van der Waals surface area contributed by atoms with Gasteiger partial charge in [-0.2, -0.15) is 9.61 Å². The third-order valence-corrected chi connectivity index (χ3v) is 6.96. The molecule has 1 saturated heterocycles. The quantitative estimate of drug-likeness (QED) is 0.445. The van der Waals surface area contributed by atoms with E-state index in [4.69, 9.17) is 15.5 Å². The highest BCUT2D eigenvalue weighted by molar-refractivity contribution is 5.93. The number of fused-ring (bicyclic) bond motifs is 3. The van der Waals surface area contributed by atoms with Crippen LogP contribution >= 0.6 is 0 Å². The van der Waals surface area contributed by atoms with Crippen LogP contribution in [0.25, 0.3) is 16.6 Å². The Morgan fingerprint density at radius 3 is 2.69 bits per heavy atom. The first-order chi connectivity index (χ1) is 16.7. The number of benzene rings is 1. The Balaban J connectivity index is 1.52. The van der Waals surface area contributed by atoms with E-state index in [0.29, 0.717) is 34.8 Å². The summed E-state index contributed by atoms with van der Waals surface area (Å²) >= 11 is 0. The van der Waals surface area contributed by atoms with Crippen molar-refractivity contribution >= 4 is 28.2 Å². The molecule has 0 spiro atoms. The molecule has 4 heterocycles. The fourth-order valence-corrected chi connectivity index (χ4v) is 4.92. The molecule has 0 amide bonds. The summed E-state index contributed by atoms with van der Waals surface area (Å²) in [5.74, 6) is 0.894. The van der Waals surface area contributed by atoms with Crippen LogP contribution in [0.1, 0.15) is 50.7 Å². The smallest absolute Gasteiger partial charge is 0.223 e. The van der Waals surface area contributed by atoms with E-state index in [1.807, 2.05) is 24.7 Å². The molecule has 0 aliphatic carbocycles. The van der Waals surface area contributed by atoms with E-state index < -0.39 is 11.9 Å². The van der Waals surface area contributed by atoms with Crippen LogP contribution in [-0.2, 0) is 0 Å². The summed E-state index contributed by atoms with van der Waals surface area (Å²) in [5.41, 5.74) is 9.12.